The quantitative estimate of drug-likeness (QED) is 0.316. The van der Waals surface area contributed by atoms with Gasteiger partial charge in [-0.05, 0) is 37.4 Å². The minimum absolute atomic E-state index is 0. The largest absolute Gasteiger partial charge is 0.373 e. The fourth-order valence-corrected chi connectivity index (χ4v) is 4.17. The number of fused-ring (bicyclic) bond motifs is 2. The minimum Gasteiger partial charge on any atom is -0.373 e. The summed E-state index contributed by atoms with van der Waals surface area (Å²) in [6, 6.07) is 7.87. The van der Waals surface area contributed by atoms with E-state index in [0.717, 1.165) is 29.9 Å². The van der Waals surface area contributed by atoms with Crippen LogP contribution in [0.5, 0.6) is 0 Å². The van der Waals surface area contributed by atoms with Crippen LogP contribution in [0.25, 0.3) is 0 Å². The molecule has 0 aliphatic carbocycles. The van der Waals surface area contributed by atoms with Gasteiger partial charge in [-0.25, -0.2) is 13.1 Å². The molecule has 26 heavy (non-hydrogen) atoms. The minimum atomic E-state index is -3.24. The van der Waals surface area contributed by atoms with Crippen LogP contribution >= 0.6 is 24.0 Å². The second kappa shape index (κ2) is 9.34. The fraction of sp³-hybridized carbons (Fsp3) is 0.588. The molecule has 2 heterocycles. The van der Waals surface area contributed by atoms with Crippen molar-refractivity contribution in [3.05, 3.63) is 35.4 Å². The molecule has 3 atom stereocenters. The summed E-state index contributed by atoms with van der Waals surface area (Å²) in [6.07, 6.45) is 4.04. The highest BCUT2D eigenvalue weighted by Gasteiger charge is 2.41. The second-order valence-electron chi connectivity index (χ2n) is 6.57. The van der Waals surface area contributed by atoms with Gasteiger partial charge in [0.25, 0.3) is 0 Å². The summed E-state index contributed by atoms with van der Waals surface area (Å²) in [5.41, 5.74) is 1.83. The predicted molar refractivity (Wildman–Crippen MR) is 113 cm³/mol. The first-order valence-corrected chi connectivity index (χ1v) is 10.3. The smallest absolute Gasteiger partial charge is 0.215 e. The molecule has 2 fully saturated rings. The maximum absolute atomic E-state index is 11.6. The molecule has 0 saturated carbocycles. The molecule has 2 bridgehead atoms. The van der Waals surface area contributed by atoms with Crippen molar-refractivity contribution in [1.82, 2.24) is 15.4 Å². The van der Waals surface area contributed by atoms with Crippen LogP contribution in [0, 0.1) is 0 Å². The molecule has 0 aromatic heterocycles. The van der Waals surface area contributed by atoms with Crippen molar-refractivity contribution in [2.45, 2.75) is 49.8 Å². The summed E-state index contributed by atoms with van der Waals surface area (Å²) >= 11 is 0. The van der Waals surface area contributed by atoms with Gasteiger partial charge < -0.3 is 15.4 Å². The summed E-state index contributed by atoms with van der Waals surface area (Å²) in [5, 5.41) is 6.75. The molecule has 3 unspecified atom stereocenters. The van der Waals surface area contributed by atoms with Gasteiger partial charge in [-0.3, -0.25) is 4.99 Å². The van der Waals surface area contributed by atoms with E-state index in [9.17, 15) is 8.42 Å². The van der Waals surface area contributed by atoms with Crippen molar-refractivity contribution < 1.29 is 13.2 Å². The Balaban J connectivity index is 0.00000243. The Morgan fingerprint density at radius 2 is 1.92 bits per heavy atom. The Bertz CT molecular complexity index is 724. The van der Waals surface area contributed by atoms with E-state index >= 15 is 0 Å². The molecule has 0 radical (unpaired) electrons. The van der Waals surface area contributed by atoms with Gasteiger partial charge in [-0.2, -0.15) is 0 Å². The Hall–Kier alpha value is -0.910. The van der Waals surface area contributed by atoms with Gasteiger partial charge in [0.05, 0.1) is 24.0 Å². The number of guanidine groups is 1. The molecule has 0 amide bonds. The molecule has 7 nitrogen and oxygen atoms in total. The second-order valence-corrected chi connectivity index (χ2v) is 8.49. The number of nitrogens with one attached hydrogen (secondary N) is 3. The maximum atomic E-state index is 11.6. The van der Waals surface area contributed by atoms with Gasteiger partial charge in [-0.15, -0.1) is 24.0 Å². The number of halogens is 1. The van der Waals surface area contributed by atoms with Crippen molar-refractivity contribution in [2.75, 3.05) is 14.1 Å². The normalized spacial score (nSPS) is 25.0. The number of nitrogens with zero attached hydrogens (tertiary/aromatic N) is 1. The molecular formula is C17H27IN4O3S. The van der Waals surface area contributed by atoms with E-state index in [2.05, 4.69) is 20.3 Å². The first-order valence-electron chi connectivity index (χ1n) is 8.61. The predicted octanol–water partition coefficient (Wildman–Crippen LogP) is 1.34. The van der Waals surface area contributed by atoms with Crippen LogP contribution in [0.4, 0.5) is 0 Å². The molecule has 146 valence electrons. The van der Waals surface area contributed by atoms with Crippen LogP contribution in [0.1, 0.15) is 30.4 Å². The molecule has 3 rings (SSSR count). The third kappa shape index (κ3) is 5.54. The fourth-order valence-electron chi connectivity index (χ4n) is 3.39. The third-order valence-corrected chi connectivity index (χ3v) is 6.14. The van der Waals surface area contributed by atoms with Gasteiger partial charge in [-0.1, -0.05) is 24.3 Å². The van der Waals surface area contributed by atoms with Crippen molar-refractivity contribution in [2.24, 2.45) is 4.99 Å². The lowest BCUT2D eigenvalue weighted by molar-refractivity contribution is 0.0992. The molecule has 2 aliphatic heterocycles. The highest BCUT2D eigenvalue weighted by Crippen LogP contribution is 2.34. The van der Waals surface area contributed by atoms with E-state index in [1.165, 1.54) is 13.5 Å². The Labute approximate surface area is 172 Å². The number of hydrogen-bond acceptors (Lipinski definition) is 4. The Morgan fingerprint density at radius 3 is 2.46 bits per heavy atom. The van der Waals surface area contributed by atoms with E-state index in [1.807, 2.05) is 24.3 Å². The third-order valence-electron chi connectivity index (χ3n) is 4.80. The SMILES string of the molecule is CN=C(NCc1ccc(CS(=O)(=O)NC)cc1)NC1CC2CCC1O2.I. The van der Waals surface area contributed by atoms with Gasteiger partial charge in [0.1, 0.15) is 0 Å². The average Bonchev–Trinajstić information content (AvgIpc) is 3.22. The summed E-state index contributed by atoms with van der Waals surface area (Å²) in [6.45, 7) is 0.625. The number of hydrogen-bond donors (Lipinski definition) is 3. The summed E-state index contributed by atoms with van der Waals surface area (Å²) < 4.78 is 31.3. The Morgan fingerprint density at radius 1 is 1.23 bits per heavy atom. The van der Waals surface area contributed by atoms with Crippen molar-refractivity contribution >= 4 is 40.0 Å². The van der Waals surface area contributed by atoms with Crippen LogP contribution in [-0.2, 0) is 27.1 Å². The first kappa shape index (κ1) is 21.4. The average molecular weight is 494 g/mol. The van der Waals surface area contributed by atoms with Crippen LogP contribution in [0.15, 0.2) is 29.3 Å². The lowest BCUT2D eigenvalue weighted by Gasteiger charge is -2.22. The number of rotatable bonds is 6. The number of ether oxygens (including phenoxy) is 1. The number of aliphatic imine (C=N–C) groups is 1. The van der Waals surface area contributed by atoms with Gasteiger partial charge >= 0.3 is 0 Å². The molecule has 2 saturated heterocycles. The van der Waals surface area contributed by atoms with Crippen LogP contribution in [-0.4, -0.2) is 46.7 Å². The first-order chi connectivity index (χ1) is 12.0. The molecular weight excluding hydrogens is 467 g/mol. The molecule has 0 spiro atoms. The van der Waals surface area contributed by atoms with E-state index in [0.29, 0.717) is 24.8 Å². The van der Waals surface area contributed by atoms with E-state index < -0.39 is 10.0 Å². The standard InChI is InChI=1S/C17H26N4O3S.HI/c1-18-17(21-15-9-14-7-8-16(15)24-14)20-10-12-3-5-13(6-4-12)11-25(22,23)19-2;/h3-6,14-16,19H,7-11H2,1-2H3,(H2,18,20,21);1H. The Kier molecular flexibility index (Phi) is 7.68. The van der Waals surface area contributed by atoms with Gasteiger partial charge in [0.2, 0.25) is 10.0 Å². The monoisotopic (exact) mass is 494 g/mol. The topological polar surface area (TPSA) is 91.8 Å². The lowest BCUT2D eigenvalue weighted by Crippen LogP contribution is -2.47. The van der Waals surface area contributed by atoms with Crippen molar-refractivity contribution in [3.63, 3.8) is 0 Å². The molecule has 2 aliphatic rings. The molecule has 1 aromatic rings. The molecule has 1 aromatic carbocycles. The highest BCUT2D eigenvalue weighted by atomic mass is 127. The van der Waals surface area contributed by atoms with Gasteiger partial charge in [0, 0.05) is 13.6 Å². The number of benzene rings is 1. The summed E-state index contributed by atoms with van der Waals surface area (Å²) in [7, 11) is -0.0563. The zero-order valence-electron chi connectivity index (χ0n) is 15.1. The van der Waals surface area contributed by atoms with Crippen molar-refractivity contribution in [3.8, 4) is 0 Å². The summed E-state index contributed by atoms with van der Waals surface area (Å²) in [4.78, 5) is 4.28. The highest BCUT2D eigenvalue weighted by molar-refractivity contribution is 14.0. The van der Waals surface area contributed by atoms with E-state index in [4.69, 9.17) is 4.74 Å². The van der Waals surface area contributed by atoms with E-state index in [1.54, 1.807) is 7.05 Å². The zero-order valence-corrected chi connectivity index (χ0v) is 18.2. The molecule has 9 heteroatoms. The van der Waals surface area contributed by atoms with Crippen LogP contribution in [0.3, 0.4) is 0 Å². The van der Waals surface area contributed by atoms with Crippen LogP contribution < -0.4 is 15.4 Å². The van der Waals surface area contributed by atoms with Gasteiger partial charge in [0.15, 0.2) is 5.96 Å². The number of sulfonamides is 1. The maximum Gasteiger partial charge on any atom is 0.215 e. The van der Waals surface area contributed by atoms with Crippen LogP contribution in [0.2, 0.25) is 0 Å². The molecule has 3 N–H and O–H groups in total. The van der Waals surface area contributed by atoms with Crippen molar-refractivity contribution in [1.29, 1.82) is 0 Å². The summed E-state index contributed by atoms with van der Waals surface area (Å²) in [5.74, 6) is 0.757. The van der Waals surface area contributed by atoms with E-state index in [-0.39, 0.29) is 29.7 Å². The lowest BCUT2D eigenvalue weighted by atomic mass is 9.96. The zero-order chi connectivity index (χ0) is 17.9.